The maximum absolute atomic E-state index is 3.54. The van der Waals surface area contributed by atoms with Gasteiger partial charge in [-0.3, -0.25) is 0 Å². The van der Waals surface area contributed by atoms with Crippen molar-refractivity contribution in [2.45, 2.75) is 45.7 Å². The molecule has 0 unspecified atom stereocenters. The zero-order valence-electron chi connectivity index (χ0n) is 11.1. The molecule has 2 nitrogen and oxygen atoms in total. The van der Waals surface area contributed by atoms with E-state index in [0.717, 1.165) is 25.7 Å². The largest absolute Gasteiger partial charge is 0.314 e. The predicted octanol–water partition coefficient (Wildman–Crippen LogP) is 2.54. The minimum absolute atomic E-state index is 0.842. The Morgan fingerprint density at radius 2 is 2.00 bits per heavy atom. The highest BCUT2D eigenvalue weighted by molar-refractivity contribution is 5.32. The van der Waals surface area contributed by atoms with Crippen molar-refractivity contribution in [1.29, 1.82) is 0 Å². The maximum Gasteiger partial charge on any atom is 0.0208 e. The molecule has 0 radical (unpaired) electrons. The number of nitrogens with one attached hydrogen (secondary N) is 2. The van der Waals surface area contributed by atoms with Crippen LogP contribution in [-0.4, -0.2) is 19.1 Å². The molecule has 1 saturated carbocycles. The van der Waals surface area contributed by atoms with E-state index in [1.165, 1.54) is 36.0 Å². The van der Waals surface area contributed by atoms with Gasteiger partial charge in [0.25, 0.3) is 0 Å². The standard InChI is InChI=1S/C15H24N2/c1-12-5-3-6-14(13(12)2)11-16-9-4-10-17-15-7-8-15/h3,5-6,15-17H,4,7-11H2,1-2H3. The molecule has 1 aromatic carbocycles. The van der Waals surface area contributed by atoms with E-state index in [1.54, 1.807) is 0 Å². The number of rotatable bonds is 7. The van der Waals surface area contributed by atoms with Gasteiger partial charge in [0, 0.05) is 12.6 Å². The quantitative estimate of drug-likeness (QED) is 0.706. The van der Waals surface area contributed by atoms with Gasteiger partial charge in [-0.15, -0.1) is 0 Å². The number of aryl methyl sites for hydroxylation is 1. The van der Waals surface area contributed by atoms with E-state index in [9.17, 15) is 0 Å². The summed E-state index contributed by atoms with van der Waals surface area (Å²) in [5, 5.41) is 7.06. The third-order valence-corrected chi connectivity index (χ3v) is 3.57. The molecule has 1 fully saturated rings. The zero-order chi connectivity index (χ0) is 12.1. The lowest BCUT2D eigenvalue weighted by Crippen LogP contribution is -2.23. The molecule has 1 aliphatic rings. The fourth-order valence-electron chi connectivity index (χ4n) is 2.03. The van der Waals surface area contributed by atoms with E-state index in [1.807, 2.05) is 0 Å². The van der Waals surface area contributed by atoms with E-state index >= 15 is 0 Å². The van der Waals surface area contributed by atoms with Gasteiger partial charge in [0.1, 0.15) is 0 Å². The zero-order valence-corrected chi connectivity index (χ0v) is 11.1. The minimum Gasteiger partial charge on any atom is -0.314 e. The molecule has 94 valence electrons. The maximum atomic E-state index is 3.54. The lowest BCUT2D eigenvalue weighted by atomic mass is 10.0. The second-order valence-electron chi connectivity index (χ2n) is 5.12. The number of hydrogen-bond donors (Lipinski definition) is 2. The van der Waals surface area contributed by atoms with Crippen LogP contribution in [0.5, 0.6) is 0 Å². The Labute approximate surface area is 105 Å². The van der Waals surface area contributed by atoms with Gasteiger partial charge in [-0.25, -0.2) is 0 Å². The summed E-state index contributed by atoms with van der Waals surface area (Å²) in [6, 6.07) is 7.39. The van der Waals surface area contributed by atoms with Crippen LogP contribution in [0.4, 0.5) is 0 Å². The van der Waals surface area contributed by atoms with Gasteiger partial charge in [0.05, 0.1) is 0 Å². The van der Waals surface area contributed by atoms with Crippen molar-refractivity contribution >= 4 is 0 Å². The van der Waals surface area contributed by atoms with E-state index in [0.29, 0.717) is 0 Å². The number of hydrogen-bond acceptors (Lipinski definition) is 2. The molecule has 0 amide bonds. The van der Waals surface area contributed by atoms with Crippen molar-refractivity contribution in [3.05, 3.63) is 34.9 Å². The topological polar surface area (TPSA) is 24.1 Å². The molecular formula is C15H24N2. The van der Waals surface area contributed by atoms with Gasteiger partial charge in [-0.05, 0) is 62.9 Å². The van der Waals surface area contributed by atoms with Crippen LogP contribution in [0, 0.1) is 13.8 Å². The first-order chi connectivity index (χ1) is 8.27. The smallest absolute Gasteiger partial charge is 0.0208 e. The van der Waals surface area contributed by atoms with Crippen LogP contribution >= 0.6 is 0 Å². The monoisotopic (exact) mass is 232 g/mol. The van der Waals surface area contributed by atoms with Crippen LogP contribution in [0.1, 0.15) is 36.0 Å². The highest BCUT2D eigenvalue weighted by atomic mass is 14.9. The third-order valence-electron chi connectivity index (χ3n) is 3.57. The van der Waals surface area contributed by atoms with Gasteiger partial charge in [0.2, 0.25) is 0 Å². The van der Waals surface area contributed by atoms with Gasteiger partial charge in [0.15, 0.2) is 0 Å². The summed E-state index contributed by atoms with van der Waals surface area (Å²) < 4.78 is 0. The highest BCUT2D eigenvalue weighted by Gasteiger charge is 2.19. The van der Waals surface area contributed by atoms with E-state index in [4.69, 9.17) is 0 Å². The van der Waals surface area contributed by atoms with Crippen LogP contribution in [0.25, 0.3) is 0 Å². The van der Waals surface area contributed by atoms with Gasteiger partial charge < -0.3 is 10.6 Å². The summed E-state index contributed by atoms with van der Waals surface area (Å²) in [4.78, 5) is 0. The number of benzene rings is 1. The summed E-state index contributed by atoms with van der Waals surface area (Å²) in [6.45, 7) is 7.65. The SMILES string of the molecule is Cc1cccc(CNCCCNC2CC2)c1C. The normalized spacial score (nSPS) is 15.2. The Morgan fingerprint density at radius 1 is 1.18 bits per heavy atom. The fraction of sp³-hybridized carbons (Fsp3) is 0.600. The van der Waals surface area contributed by atoms with Crippen LogP contribution in [0.15, 0.2) is 18.2 Å². The third kappa shape index (κ3) is 4.14. The van der Waals surface area contributed by atoms with Gasteiger partial charge in [-0.2, -0.15) is 0 Å². The van der Waals surface area contributed by atoms with Gasteiger partial charge >= 0.3 is 0 Å². The average molecular weight is 232 g/mol. The van der Waals surface area contributed by atoms with Crippen LogP contribution in [-0.2, 0) is 6.54 Å². The Balaban J connectivity index is 1.61. The van der Waals surface area contributed by atoms with Crippen LogP contribution in [0.3, 0.4) is 0 Å². The van der Waals surface area contributed by atoms with Gasteiger partial charge in [-0.1, -0.05) is 18.2 Å². The molecular weight excluding hydrogens is 208 g/mol. The molecule has 0 spiro atoms. The lowest BCUT2D eigenvalue weighted by Gasteiger charge is -2.10. The Kier molecular flexibility index (Phi) is 4.57. The summed E-state index contributed by atoms with van der Waals surface area (Å²) in [5.74, 6) is 0. The molecule has 1 aliphatic carbocycles. The Morgan fingerprint density at radius 3 is 2.76 bits per heavy atom. The summed E-state index contributed by atoms with van der Waals surface area (Å²) in [5.41, 5.74) is 4.25. The Bertz CT molecular complexity index is 356. The summed E-state index contributed by atoms with van der Waals surface area (Å²) >= 11 is 0. The van der Waals surface area contributed by atoms with E-state index < -0.39 is 0 Å². The average Bonchev–Trinajstić information content (AvgIpc) is 3.12. The summed E-state index contributed by atoms with van der Waals surface area (Å²) in [7, 11) is 0. The highest BCUT2D eigenvalue weighted by Crippen LogP contribution is 2.18. The molecule has 1 aromatic rings. The second-order valence-corrected chi connectivity index (χ2v) is 5.12. The molecule has 17 heavy (non-hydrogen) atoms. The Hall–Kier alpha value is -0.860. The van der Waals surface area contributed by atoms with Crippen LogP contribution in [0.2, 0.25) is 0 Å². The fourth-order valence-corrected chi connectivity index (χ4v) is 2.03. The molecule has 2 heteroatoms. The molecule has 2 N–H and O–H groups in total. The van der Waals surface area contributed by atoms with Crippen LogP contribution < -0.4 is 10.6 Å². The first-order valence-corrected chi connectivity index (χ1v) is 6.76. The van der Waals surface area contributed by atoms with Crippen molar-refractivity contribution in [2.24, 2.45) is 0 Å². The van der Waals surface area contributed by atoms with Crippen molar-refractivity contribution in [1.82, 2.24) is 10.6 Å². The predicted molar refractivity (Wildman–Crippen MR) is 73.3 cm³/mol. The lowest BCUT2D eigenvalue weighted by molar-refractivity contribution is 0.592. The van der Waals surface area contributed by atoms with E-state index in [-0.39, 0.29) is 0 Å². The molecule has 0 atom stereocenters. The van der Waals surface area contributed by atoms with Crippen molar-refractivity contribution < 1.29 is 0 Å². The molecule has 0 saturated heterocycles. The van der Waals surface area contributed by atoms with Crippen molar-refractivity contribution in [3.8, 4) is 0 Å². The van der Waals surface area contributed by atoms with Crippen molar-refractivity contribution in [3.63, 3.8) is 0 Å². The first kappa shape index (κ1) is 12.6. The summed E-state index contributed by atoms with van der Waals surface area (Å²) in [6.07, 6.45) is 3.99. The minimum atomic E-state index is 0.842. The molecule has 0 bridgehead atoms. The molecule has 2 rings (SSSR count). The molecule has 0 heterocycles. The molecule has 0 aromatic heterocycles. The first-order valence-electron chi connectivity index (χ1n) is 6.76. The molecule has 0 aliphatic heterocycles. The second kappa shape index (κ2) is 6.18. The van der Waals surface area contributed by atoms with E-state index in [2.05, 4.69) is 42.7 Å². The van der Waals surface area contributed by atoms with Crippen molar-refractivity contribution in [2.75, 3.05) is 13.1 Å².